The van der Waals surface area contributed by atoms with E-state index in [2.05, 4.69) is 9.97 Å². The molecule has 1 aromatic carbocycles. The van der Waals surface area contributed by atoms with Gasteiger partial charge in [-0.2, -0.15) is 13.2 Å². The molecular formula is C28H27F4N3O4. The summed E-state index contributed by atoms with van der Waals surface area (Å²) < 4.78 is 72.6. The largest absolute Gasteiger partial charge is 0.493 e. The molecule has 206 valence electrons. The molecule has 0 radical (unpaired) electrons. The van der Waals surface area contributed by atoms with Crippen LogP contribution in [-0.2, 0) is 20.4 Å². The van der Waals surface area contributed by atoms with E-state index < -0.39 is 35.3 Å². The lowest BCUT2D eigenvalue weighted by Crippen LogP contribution is -2.35. The molecule has 0 bridgehead atoms. The van der Waals surface area contributed by atoms with Crippen molar-refractivity contribution in [3.8, 4) is 11.6 Å². The average Bonchev–Trinajstić information content (AvgIpc) is 3.63. The number of pyridine rings is 1. The van der Waals surface area contributed by atoms with Crippen LogP contribution in [0.4, 0.5) is 17.6 Å². The summed E-state index contributed by atoms with van der Waals surface area (Å²) in [6.45, 7) is 3.66. The number of hydrogen-bond donors (Lipinski definition) is 0. The fourth-order valence-corrected chi connectivity index (χ4v) is 5.61. The number of hydrogen-bond acceptors (Lipinski definition) is 6. The van der Waals surface area contributed by atoms with E-state index in [-0.39, 0.29) is 17.9 Å². The molecule has 39 heavy (non-hydrogen) atoms. The first-order valence-electron chi connectivity index (χ1n) is 12.5. The van der Waals surface area contributed by atoms with Crippen molar-refractivity contribution in [1.82, 2.24) is 14.5 Å². The van der Waals surface area contributed by atoms with Gasteiger partial charge in [-0.15, -0.1) is 0 Å². The second kappa shape index (κ2) is 10.0. The predicted molar refractivity (Wildman–Crippen MR) is 132 cm³/mol. The number of benzene rings is 1. The molecule has 0 unspecified atom stereocenters. The molecule has 1 aliphatic carbocycles. The maximum atomic E-state index is 13.7. The molecule has 1 aliphatic heterocycles. The van der Waals surface area contributed by atoms with Gasteiger partial charge >= 0.3 is 12.1 Å². The number of nitrogens with zero attached hydrogens (tertiary/aromatic N) is 3. The zero-order valence-corrected chi connectivity index (χ0v) is 21.5. The highest BCUT2D eigenvalue weighted by atomic mass is 19.4. The quantitative estimate of drug-likeness (QED) is 0.276. The van der Waals surface area contributed by atoms with E-state index >= 15 is 0 Å². The Morgan fingerprint density at radius 3 is 2.59 bits per heavy atom. The molecule has 1 fully saturated rings. The third-order valence-corrected chi connectivity index (χ3v) is 7.16. The van der Waals surface area contributed by atoms with Gasteiger partial charge in [0.2, 0.25) is 5.82 Å². The zero-order chi connectivity index (χ0) is 27.9. The van der Waals surface area contributed by atoms with Crippen molar-refractivity contribution >= 4 is 11.5 Å². The Morgan fingerprint density at radius 1 is 1.18 bits per heavy atom. The van der Waals surface area contributed by atoms with Crippen molar-refractivity contribution < 1.29 is 36.6 Å². The Morgan fingerprint density at radius 2 is 1.92 bits per heavy atom. The second-order valence-corrected chi connectivity index (χ2v) is 10.0. The Kier molecular flexibility index (Phi) is 6.86. The highest BCUT2D eigenvalue weighted by Crippen LogP contribution is 2.56. The van der Waals surface area contributed by atoms with E-state index in [1.54, 1.807) is 18.2 Å². The summed E-state index contributed by atoms with van der Waals surface area (Å²) in [4.78, 5) is 20.7. The van der Waals surface area contributed by atoms with Gasteiger partial charge in [-0.3, -0.25) is 9.36 Å². The molecular weight excluding hydrogens is 518 g/mol. The molecule has 3 heterocycles. The molecule has 0 amide bonds. The van der Waals surface area contributed by atoms with Gasteiger partial charge in [-0.05, 0) is 56.5 Å². The Balaban J connectivity index is 1.54. The SMILES string of the molecule is COC(=O)[C@H]1CC[C@@]2(CC(c3nc(-n4ccnc4C(F)(F)F)ccc3OC(C)C)=CO2)[C@@H]1c1ccc(F)cc1. The Labute approximate surface area is 222 Å². The van der Waals surface area contributed by atoms with Crippen molar-refractivity contribution in [1.29, 1.82) is 0 Å². The van der Waals surface area contributed by atoms with E-state index in [0.29, 0.717) is 36.3 Å². The third-order valence-electron chi connectivity index (χ3n) is 7.16. The topological polar surface area (TPSA) is 75.5 Å². The van der Waals surface area contributed by atoms with Gasteiger partial charge in [0.1, 0.15) is 28.7 Å². The van der Waals surface area contributed by atoms with Crippen LogP contribution in [0.3, 0.4) is 0 Å². The van der Waals surface area contributed by atoms with Crippen molar-refractivity contribution in [2.45, 2.75) is 56.9 Å². The Hall–Kier alpha value is -3.89. The zero-order valence-electron chi connectivity index (χ0n) is 21.5. The van der Waals surface area contributed by atoms with Gasteiger partial charge in [0.15, 0.2) is 0 Å². The first kappa shape index (κ1) is 26.7. The number of aromatic nitrogens is 3. The van der Waals surface area contributed by atoms with E-state index in [1.165, 1.54) is 37.8 Å². The molecule has 5 rings (SSSR count). The number of carbonyl (C=O) groups excluding carboxylic acids is 1. The van der Waals surface area contributed by atoms with Gasteiger partial charge in [-0.1, -0.05) is 12.1 Å². The summed E-state index contributed by atoms with van der Waals surface area (Å²) in [5.41, 5.74) is 0.816. The van der Waals surface area contributed by atoms with Crippen LogP contribution in [0.5, 0.6) is 5.75 Å². The fourth-order valence-electron chi connectivity index (χ4n) is 5.61. The van der Waals surface area contributed by atoms with Crippen LogP contribution >= 0.6 is 0 Å². The van der Waals surface area contributed by atoms with Crippen LogP contribution in [0.2, 0.25) is 0 Å². The number of methoxy groups -OCH3 is 1. The molecule has 0 N–H and O–H groups in total. The fraction of sp³-hybridized carbons (Fsp3) is 0.393. The average molecular weight is 546 g/mol. The first-order valence-corrected chi connectivity index (χ1v) is 12.5. The number of imidazole rings is 1. The van der Waals surface area contributed by atoms with Crippen molar-refractivity contribution in [2.24, 2.45) is 5.92 Å². The number of halogens is 4. The molecule has 2 aliphatic rings. The number of rotatable bonds is 6. The maximum Gasteiger partial charge on any atom is 0.450 e. The first-order chi connectivity index (χ1) is 18.5. The van der Waals surface area contributed by atoms with Crippen molar-refractivity contribution in [3.63, 3.8) is 0 Å². The smallest absolute Gasteiger partial charge is 0.450 e. The van der Waals surface area contributed by atoms with Crippen LogP contribution in [0.15, 0.2) is 55.1 Å². The molecule has 3 atom stereocenters. The summed E-state index contributed by atoms with van der Waals surface area (Å²) in [6.07, 6.45) is 0.201. The molecule has 1 saturated carbocycles. The van der Waals surface area contributed by atoms with E-state index in [1.807, 2.05) is 13.8 Å². The molecule has 3 aromatic rings. The minimum Gasteiger partial charge on any atom is -0.493 e. The summed E-state index contributed by atoms with van der Waals surface area (Å²) in [6, 6.07) is 8.95. The van der Waals surface area contributed by atoms with Crippen LogP contribution in [0.25, 0.3) is 11.4 Å². The maximum absolute atomic E-state index is 13.7. The number of esters is 1. The van der Waals surface area contributed by atoms with E-state index in [0.717, 1.165) is 16.3 Å². The van der Waals surface area contributed by atoms with Gasteiger partial charge in [-0.25, -0.2) is 14.4 Å². The van der Waals surface area contributed by atoms with Gasteiger partial charge < -0.3 is 14.2 Å². The third kappa shape index (κ3) is 4.97. The lowest BCUT2D eigenvalue weighted by Gasteiger charge is -2.33. The van der Waals surface area contributed by atoms with Gasteiger partial charge in [0.25, 0.3) is 0 Å². The lowest BCUT2D eigenvalue weighted by atomic mass is 9.77. The molecule has 1 spiro atoms. The van der Waals surface area contributed by atoms with Crippen molar-refractivity contribution in [3.05, 3.63) is 78.0 Å². The summed E-state index contributed by atoms with van der Waals surface area (Å²) in [5.74, 6) is -2.44. The van der Waals surface area contributed by atoms with Gasteiger partial charge in [0.05, 0.1) is 25.4 Å². The van der Waals surface area contributed by atoms with Gasteiger partial charge in [0, 0.05) is 30.3 Å². The van der Waals surface area contributed by atoms with E-state index in [9.17, 15) is 22.4 Å². The van der Waals surface area contributed by atoms with Crippen LogP contribution in [-0.4, -0.2) is 39.3 Å². The molecule has 7 nitrogen and oxygen atoms in total. The number of ether oxygens (including phenoxy) is 3. The monoisotopic (exact) mass is 545 g/mol. The number of alkyl halides is 3. The predicted octanol–water partition coefficient (Wildman–Crippen LogP) is 6.08. The normalized spacial score (nSPS) is 22.7. The number of carbonyl (C=O) groups is 1. The Bertz CT molecular complexity index is 1400. The van der Waals surface area contributed by atoms with Crippen LogP contribution in [0, 0.1) is 11.7 Å². The second-order valence-electron chi connectivity index (χ2n) is 10.0. The highest BCUT2D eigenvalue weighted by molar-refractivity contribution is 5.76. The van der Waals surface area contributed by atoms with E-state index in [4.69, 9.17) is 14.2 Å². The van der Waals surface area contributed by atoms with Crippen LogP contribution < -0.4 is 4.74 Å². The molecule has 2 aromatic heterocycles. The molecule has 11 heteroatoms. The summed E-state index contributed by atoms with van der Waals surface area (Å²) in [5, 5.41) is 0. The van der Waals surface area contributed by atoms with Crippen LogP contribution in [0.1, 0.15) is 56.1 Å². The highest BCUT2D eigenvalue weighted by Gasteiger charge is 2.56. The minimum absolute atomic E-state index is 0.0155. The standard InChI is InChI=1S/C28H27F4N3O4/c1-16(2)39-21-8-9-22(35-13-12-33-26(35)28(30,31)32)34-24(21)18-14-27(38-15-18)11-10-20(25(36)37-3)23(27)17-4-6-19(29)7-5-17/h4-9,12-13,15-16,20,23H,10-11,14H2,1-3H3/t20-,23+,27+/m0/s1. The summed E-state index contributed by atoms with van der Waals surface area (Å²) in [7, 11) is 1.32. The summed E-state index contributed by atoms with van der Waals surface area (Å²) >= 11 is 0. The minimum atomic E-state index is -4.67. The van der Waals surface area contributed by atoms with Crippen molar-refractivity contribution in [2.75, 3.05) is 7.11 Å². The lowest BCUT2D eigenvalue weighted by molar-refractivity contribution is -0.147. The molecule has 0 saturated heterocycles.